The SMILES string of the molecule is COc1ccc(S(=O)(=O)Nc2cncc(C)c2)cc1OC. The van der Waals surface area contributed by atoms with Gasteiger partial charge < -0.3 is 9.47 Å². The second-order valence-electron chi connectivity index (χ2n) is 4.37. The summed E-state index contributed by atoms with van der Waals surface area (Å²) in [6.45, 7) is 1.83. The van der Waals surface area contributed by atoms with Gasteiger partial charge in [0.25, 0.3) is 10.0 Å². The summed E-state index contributed by atoms with van der Waals surface area (Å²) in [7, 11) is -0.774. The number of hydrogen-bond donors (Lipinski definition) is 1. The van der Waals surface area contributed by atoms with Crippen molar-refractivity contribution >= 4 is 15.7 Å². The average molecular weight is 308 g/mol. The highest BCUT2D eigenvalue weighted by Crippen LogP contribution is 2.30. The van der Waals surface area contributed by atoms with Gasteiger partial charge in [-0.15, -0.1) is 0 Å². The van der Waals surface area contributed by atoms with Crippen molar-refractivity contribution < 1.29 is 17.9 Å². The molecule has 0 saturated carbocycles. The van der Waals surface area contributed by atoms with Crippen LogP contribution in [0.3, 0.4) is 0 Å². The van der Waals surface area contributed by atoms with Crippen LogP contribution >= 0.6 is 0 Å². The number of aromatic nitrogens is 1. The lowest BCUT2D eigenvalue weighted by Crippen LogP contribution is -2.13. The van der Waals surface area contributed by atoms with Crippen LogP contribution in [0.5, 0.6) is 11.5 Å². The summed E-state index contributed by atoms with van der Waals surface area (Å²) < 4.78 is 37.4. The standard InChI is InChI=1S/C14H16N2O4S/c1-10-6-11(9-15-8-10)16-21(17,18)12-4-5-13(19-2)14(7-12)20-3/h4-9,16H,1-3H3. The highest BCUT2D eigenvalue weighted by atomic mass is 32.2. The highest BCUT2D eigenvalue weighted by molar-refractivity contribution is 7.92. The number of anilines is 1. The first-order valence-corrected chi connectivity index (χ1v) is 7.61. The van der Waals surface area contributed by atoms with E-state index in [4.69, 9.17) is 9.47 Å². The zero-order valence-corrected chi connectivity index (χ0v) is 12.8. The molecule has 0 bridgehead atoms. The van der Waals surface area contributed by atoms with E-state index in [2.05, 4.69) is 9.71 Å². The molecule has 1 aromatic carbocycles. The summed E-state index contributed by atoms with van der Waals surface area (Å²) in [5.74, 6) is 0.816. The number of methoxy groups -OCH3 is 2. The van der Waals surface area contributed by atoms with Crippen molar-refractivity contribution in [2.75, 3.05) is 18.9 Å². The number of nitrogens with zero attached hydrogens (tertiary/aromatic N) is 1. The maximum atomic E-state index is 12.3. The van der Waals surface area contributed by atoms with E-state index in [1.54, 1.807) is 18.3 Å². The molecule has 0 atom stereocenters. The van der Waals surface area contributed by atoms with Crippen molar-refractivity contribution in [2.45, 2.75) is 11.8 Å². The molecule has 1 N–H and O–H groups in total. The van der Waals surface area contributed by atoms with E-state index in [0.717, 1.165) is 5.56 Å². The first-order chi connectivity index (χ1) is 9.96. The fourth-order valence-corrected chi connectivity index (χ4v) is 2.86. The molecular weight excluding hydrogens is 292 g/mol. The summed E-state index contributed by atoms with van der Waals surface area (Å²) >= 11 is 0. The third-order valence-electron chi connectivity index (χ3n) is 2.79. The minimum absolute atomic E-state index is 0.0849. The molecule has 0 saturated heterocycles. The summed E-state index contributed by atoms with van der Waals surface area (Å²) in [6.07, 6.45) is 3.10. The van der Waals surface area contributed by atoms with E-state index < -0.39 is 10.0 Å². The maximum Gasteiger partial charge on any atom is 0.262 e. The Kier molecular flexibility index (Phi) is 4.32. The van der Waals surface area contributed by atoms with Crippen molar-refractivity contribution in [3.8, 4) is 11.5 Å². The molecule has 0 spiro atoms. The molecule has 0 aliphatic rings. The number of hydrogen-bond acceptors (Lipinski definition) is 5. The third-order valence-corrected chi connectivity index (χ3v) is 4.17. The topological polar surface area (TPSA) is 77.5 Å². The van der Waals surface area contributed by atoms with Crippen LogP contribution in [0.25, 0.3) is 0 Å². The number of sulfonamides is 1. The molecule has 7 heteroatoms. The molecule has 0 aliphatic carbocycles. The van der Waals surface area contributed by atoms with Gasteiger partial charge in [-0.3, -0.25) is 9.71 Å². The molecule has 112 valence electrons. The fourth-order valence-electron chi connectivity index (χ4n) is 1.81. The molecule has 0 fully saturated rings. The van der Waals surface area contributed by atoms with Gasteiger partial charge in [0.15, 0.2) is 11.5 Å². The van der Waals surface area contributed by atoms with Gasteiger partial charge in [0.05, 0.1) is 31.0 Å². The van der Waals surface area contributed by atoms with Crippen molar-refractivity contribution in [2.24, 2.45) is 0 Å². The van der Waals surface area contributed by atoms with Gasteiger partial charge in [-0.2, -0.15) is 0 Å². The molecular formula is C14H16N2O4S. The Morgan fingerprint density at radius 2 is 1.76 bits per heavy atom. The van der Waals surface area contributed by atoms with Crippen molar-refractivity contribution in [1.29, 1.82) is 0 Å². The number of aryl methyl sites for hydroxylation is 1. The molecule has 21 heavy (non-hydrogen) atoms. The van der Waals surface area contributed by atoms with Crippen LogP contribution in [0.1, 0.15) is 5.56 Å². The Morgan fingerprint density at radius 1 is 1.05 bits per heavy atom. The van der Waals surface area contributed by atoms with Crippen LogP contribution in [0, 0.1) is 6.92 Å². The van der Waals surface area contributed by atoms with Gasteiger partial charge in [0, 0.05) is 12.3 Å². The maximum absolute atomic E-state index is 12.3. The number of ether oxygens (including phenoxy) is 2. The van der Waals surface area contributed by atoms with Gasteiger partial charge in [-0.1, -0.05) is 0 Å². The Morgan fingerprint density at radius 3 is 2.38 bits per heavy atom. The second-order valence-corrected chi connectivity index (χ2v) is 6.06. The van der Waals surface area contributed by atoms with Gasteiger partial charge in [0.1, 0.15) is 0 Å². The van der Waals surface area contributed by atoms with Crippen molar-refractivity contribution in [3.05, 3.63) is 42.2 Å². The van der Waals surface area contributed by atoms with Crippen molar-refractivity contribution in [3.63, 3.8) is 0 Å². The lowest BCUT2D eigenvalue weighted by molar-refractivity contribution is 0.354. The smallest absolute Gasteiger partial charge is 0.262 e. The summed E-state index contributed by atoms with van der Waals surface area (Å²) in [6, 6.07) is 6.10. The molecule has 0 unspecified atom stereocenters. The molecule has 0 radical (unpaired) electrons. The van der Waals surface area contributed by atoms with Crippen LogP contribution < -0.4 is 14.2 Å². The number of rotatable bonds is 5. The molecule has 6 nitrogen and oxygen atoms in total. The predicted octanol–water partition coefficient (Wildman–Crippen LogP) is 2.21. The Bertz CT molecular complexity index is 744. The summed E-state index contributed by atoms with van der Waals surface area (Å²) in [5.41, 5.74) is 1.27. The fraction of sp³-hybridized carbons (Fsp3) is 0.214. The van der Waals surface area contributed by atoms with Gasteiger partial charge >= 0.3 is 0 Å². The molecule has 2 rings (SSSR count). The number of pyridine rings is 1. The Balaban J connectivity index is 2.35. The van der Waals surface area contributed by atoms with E-state index in [9.17, 15) is 8.42 Å². The lowest BCUT2D eigenvalue weighted by atomic mass is 10.3. The zero-order valence-electron chi connectivity index (χ0n) is 12.0. The largest absolute Gasteiger partial charge is 0.493 e. The summed E-state index contributed by atoms with van der Waals surface area (Å²) in [4.78, 5) is 4.04. The van der Waals surface area contributed by atoms with E-state index in [1.165, 1.54) is 32.5 Å². The van der Waals surface area contributed by atoms with E-state index in [-0.39, 0.29) is 4.90 Å². The first-order valence-electron chi connectivity index (χ1n) is 6.13. The monoisotopic (exact) mass is 308 g/mol. The quantitative estimate of drug-likeness (QED) is 0.916. The lowest BCUT2D eigenvalue weighted by Gasteiger charge is -2.11. The zero-order chi connectivity index (χ0) is 15.5. The van der Waals surface area contributed by atoms with Crippen molar-refractivity contribution in [1.82, 2.24) is 4.98 Å². The minimum Gasteiger partial charge on any atom is -0.493 e. The summed E-state index contributed by atoms with van der Waals surface area (Å²) in [5, 5.41) is 0. The molecule has 0 aliphatic heterocycles. The molecule has 2 aromatic rings. The second kappa shape index (κ2) is 6.01. The van der Waals surface area contributed by atoms with E-state index >= 15 is 0 Å². The van der Waals surface area contributed by atoms with E-state index in [0.29, 0.717) is 17.2 Å². The first kappa shape index (κ1) is 15.1. The Labute approximate surface area is 123 Å². The van der Waals surface area contributed by atoms with Crippen LogP contribution in [0.2, 0.25) is 0 Å². The third kappa shape index (κ3) is 3.43. The molecule has 0 amide bonds. The Hall–Kier alpha value is -2.28. The van der Waals surface area contributed by atoms with Crippen LogP contribution in [-0.2, 0) is 10.0 Å². The molecule has 1 aromatic heterocycles. The van der Waals surface area contributed by atoms with E-state index in [1.807, 2.05) is 6.92 Å². The number of nitrogens with one attached hydrogen (secondary N) is 1. The predicted molar refractivity (Wildman–Crippen MR) is 79.3 cm³/mol. The highest BCUT2D eigenvalue weighted by Gasteiger charge is 2.17. The van der Waals surface area contributed by atoms with Gasteiger partial charge in [-0.05, 0) is 30.7 Å². The molecule has 1 heterocycles. The van der Waals surface area contributed by atoms with Gasteiger partial charge in [0.2, 0.25) is 0 Å². The van der Waals surface area contributed by atoms with Crippen LogP contribution in [0.15, 0.2) is 41.6 Å². The van der Waals surface area contributed by atoms with Crippen LogP contribution in [-0.4, -0.2) is 27.6 Å². The van der Waals surface area contributed by atoms with Gasteiger partial charge in [-0.25, -0.2) is 8.42 Å². The minimum atomic E-state index is -3.71. The average Bonchev–Trinajstić information content (AvgIpc) is 2.46. The number of benzene rings is 1. The normalized spacial score (nSPS) is 11.0. The van der Waals surface area contributed by atoms with Crippen LogP contribution in [0.4, 0.5) is 5.69 Å².